The zero-order valence-corrected chi connectivity index (χ0v) is 16.3. The number of hydrogen-bond acceptors (Lipinski definition) is 3. The molecule has 0 spiro atoms. The van der Waals surface area contributed by atoms with Crippen LogP contribution in [0.4, 0.5) is 11.4 Å². The van der Waals surface area contributed by atoms with Gasteiger partial charge in [-0.05, 0) is 55.7 Å². The van der Waals surface area contributed by atoms with Gasteiger partial charge in [0.05, 0.1) is 0 Å². The summed E-state index contributed by atoms with van der Waals surface area (Å²) in [7, 11) is 0. The molecular weight excluding hydrogens is 340 g/mol. The fourth-order valence-electron chi connectivity index (χ4n) is 3.04. The molecule has 0 aliphatic rings. The van der Waals surface area contributed by atoms with E-state index in [0.717, 1.165) is 23.2 Å². The minimum Gasteiger partial charge on any atom is -0.326 e. The molecule has 0 fully saturated rings. The molecule has 0 aliphatic carbocycles. The first-order valence-electron chi connectivity index (χ1n) is 9.11. The van der Waals surface area contributed by atoms with E-state index >= 15 is 0 Å². The predicted molar refractivity (Wildman–Crippen MR) is 108 cm³/mol. The van der Waals surface area contributed by atoms with Crippen LogP contribution in [0, 0.1) is 6.92 Å². The molecule has 27 heavy (non-hydrogen) atoms. The van der Waals surface area contributed by atoms with E-state index in [9.17, 15) is 14.4 Å². The van der Waals surface area contributed by atoms with Crippen LogP contribution in [-0.2, 0) is 16.0 Å². The van der Waals surface area contributed by atoms with Crippen molar-refractivity contribution >= 4 is 29.0 Å². The number of ketones is 1. The summed E-state index contributed by atoms with van der Waals surface area (Å²) in [4.78, 5) is 37.5. The Morgan fingerprint density at radius 3 is 2.22 bits per heavy atom. The Morgan fingerprint density at radius 2 is 1.67 bits per heavy atom. The van der Waals surface area contributed by atoms with E-state index < -0.39 is 0 Å². The number of aryl methyl sites for hydroxylation is 2. The Hall–Kier alpha value is -2.95. The average Bonchev–Trinajstić information content (AvgIpc) is 2.63. The second kappa shape index (κ2) is 9.12. The van der Waals surface area contributed by atoms with Gasteiger partial charge in [-0.25, -0.2) is 0 Å². The van der Waals surface area contributed by atoms with Crippen molar-refractivity contribution in [2.45, 2.75) is 40.5 Å². The summed E-state index contributed by atoms with van der Waals surface area (Å²) in [6, 6.07) is 12.7. The zero-order chi connectivity index (χ0) is 20.0. The van der Waals surface area contributed by atoms with E-state index in [-0.39, 0.29) is 24.0 Å². The molecule has 2 amide bonds. The van der Waals surface area contributed by atoms with Crippen LogP contribution in [0.5, 0.6) is 0 Å². The predicted octanol–water partition coefficient (Wildman–Crippen LogP) is 4.14. The van der Waals surface area contributed by atoms with Gasteiger partial charge in [-0.3, -0.25) is 14.4 Å². The van der Waals surface area contributed by atoms with E-state index in [1.807, 2.05) is 32.0 Å². The molecule has 0 saturated heterocycles. The molecule has 0 atom stereocenters. The summed E-state index contributed by atoms with van der Waals surface area (Å²) < 4.78 is 0. The molecule has 2 aromatic rings. The van der Waals surface area contributed by atoms with Crippen LogP contribution in [0.3, 0.4) is 0 Å². The van der Waals surface area contributed by atoms with Crippen LogP contribution in [0.2, 0.25) is 0 Å². The van der Waals surface area contributed by atoms with Gasteiger partial charge in [0, 0.05) is 36.8 Å². The zero-order valence-electron chi connectivity index (χ0n) is 16.3. The van der Waals surface area contributed by atoms with Crippen molar-refractivity contribution in [3.8, 4) is 0 Å². The molecule has 0 heterocycles. The lowest BCUT2D eigenvalue weighted by Gasteiger charge is -2.25. The van der Waals surface area contributed by atoms with Gasteiger partial charge in [-0.15, -0.1) is 0 Å². The number of anilines is 2. The van der Waals surface area contributed by atoms with Gasteiger partial charge in [-0.1, -0.05) is 25.1 Å². The van der Waals surface area contributed by atoms with Crippen LogP contribution in [-0.4, -0.2) is 24.1 Å². The number of nitrogens with zero attached hydrogens (tertiary/aromatic N) is 1. The topological polar surface area (TPSA) is 66.5 Å². The van der Waals surface area contributed by atoms with Crippen LogP contribution in [0.15, 0.2) is 42.5 Å². The summed E-state index contributed by atoms with van der Waals surface area (Å²) in [5.41, 5.74) is 4.23. The summed E-state index contributed by atoms with van der Waals surface area (Å²) >= 11 is 0. The Bertz CT molecular complexity index is 841. The van der Waals surface area contributed by atoms with E-state index in [4.69, 9.17) is 0 Å². The Kier molecular flexibility index (Phi) is 6.88. The van der Waals surface area contributed by atoms with Crippen molar-refractivity contribution in [1.82, 2.24) is 0 Å². The average molecular weight is 366 g/mol. The van der Waals surface area contributed by atoms with Gasteiger partial charge < -0.3 is 10.2 Å². The van der Waals surface area contributed by atoms with Crippen molar-refractivity contribution in [1.29, 1.82) is 0 Å². The number of Topliss-reactive ketones (excluding diaryl/α,β-unsaturated/α-hetero) is 1. The fraction of sp³-hybridized carbons (Fsp3) is 0.318. The Labute approximate surface area is 160 Å². The van der Waals surface area contributed by atoms with Crippen LogP contribution < -0.4 is 10.2 Å². The molecule has 2 aromatic carbocycles. The number of carbonyl (C=O) groups is 3. The summed E-state index contributed by atoms with van der Waals surface area (Å²) in [6.07, 6.45) is 1.00. The van der Waals surface area contributed by atoms with Crippen molar-refractivity contribution < 1.29 is 14.4 Å². The van der Waals surface area contributed by atoms with E-state index in [1.165, 1.54) is 13.8 Å². The number of amides is 2. The van der Waals surface area contributed by atoms with Crippen LogP contribution >= 0.6 is 0 Å². The largest absolute Gasteiger partial charge is 0.326 e. The lowest BCUT2D eigenvalue weighted by molar-refractivity contribution is -0.117. The number of hydrogen-bond donors (Lipinski definition) is 1. The van der Waals surface area contributed by atoms with Crippen molar-refractivity contribution in [3.05, 3.63) is 59.2 Å². The van der Waals surface area contributed by atoms with Gasteiger partial charge in [0.2, 0.25) is 11.8 Å². The fourth-order valence-corrected chi connectivity index (χ4v) is 3.04. The minimum atomic E-state index is -0.177. The highest BCUT2D eigenvalue weighted by atomic mass is 16.2. The standard InChI is InChI=1S/C22H26N2O3/c1-5-18-8-6-7-15(2)22(18)24(17(4)26)14-13-21(27)23-20-11-9-19(10-12-20)16(3)25/h6-12H,5,13-14H2,1-4H3,(H,23,27). The van der Waals surface area contributed by atoms with Gasteiger partial charge in [0.25, 0.3) is 0 Å². The SMILES string of the molecule is CCc1cccc(C)c1N(CCC(=O)Nc1ccc(C(C)=O)cc1)C(C)=O. The lowest BCUT2D eigenvalue weighted by Crippen LogP contribution is -2.33. The van der Waals surface area contributed by atoms with Crippen LogP contribution in [0.1, 0.15) is 48.7 Å². The smallest absolute Gasteiger partial charge is 0.226 e. The molecule has 142 valence electrons. The first kappa shape index (κ1) is 20.4. The first-order valence-corrected chi connectivity index (χ1v) is 9.11. The Morgan fingerprint density at radius 1 is 1.00 bits per heavy atom. The minimum absolute atomic E-state index is 0.0186. The molecule has 5 heteroatoms. The first-order chi connectivity index (χ1) is 12.8. The Balaban J connectivity index is 2.07. The van der Waals surface area contributed by atoms with Gasteiger partial charge in [-0.2, -0.15) is 0 Å². The number of carbonyl (C=O) groups excluding carboxylic acids is 3. The van der Waals surface area contributed by atoms with Gasteiger partial charge >= 0.3 is 0 Å². The highest BCUT2D eigenvalue weighted by Gasteiger charge is 2.18. The van der Waals surface area contributed by atoms with Crippen molar-refractivity contribution in [3.63, 3.8) is 0 Å². The van der Waals surface area contributed by atoms with Gasteiger partial charge in [0.15, 0.2) is 5.78 Å². The normalized spacial score (nSPS) is 10.4. The van der Waals surface area contributed by atoms with Crippen LogP contribution in [0.25, 0.3) is 0 Å². The molecule has 0 aliphatic heterocycles. The molecular formula is C22H26N2O3. The number of rotatable bonds is 7. The molecule has 5 nitrogen and oxygen atoms in total. The highest BCUT2D eigenvalue weighted by Crippen LogP contribution is 2.26. The molecule has 0 aromatic heterocycles. The van der Waals surface area contributed by atoms with E-state index in [0.29, 0.717) is 17.8 Å². The van der Waals surface area contributed by atoms with Crippen molar-refractivity contribution in [2.75, 3.05) is 16.8 Å². The maximum atomic E-state index is 12.3. The third-order valence-electron chi connectivity index (χ3n) is 4.49. The maximum absolute atomic E-state index is 12.3. The number of nitrogens with one attached hydrogen (secondary N) is 1. The number of benzene rings is 2. The quantitative estimate of drug-likeness (QED) is 0.749. The highest BCUT2D eigenvalue weighted by molar-refractivity contribution is 5.97. The van der Waals surface area contributed by atoms with Crippen molar-refractivity contribution in [2.24, 2.45) is 0 Å². The third kappa shape index (κ3) is 5.26. The molecule has 1 N–H and O–H groups in total. The van der Waals surface area contributed by atoms with Gasteiger partial charge in [0.1, 0.15) is 0 Å². The lowest BCUT2D eigenvalue weighted by atomic mass is 10.0. The maximum Gasteiger partial charge on any atom is 0.226 e. The summed E-state index contributed by atoms with van der Waals surface area (Å²) in [5, 5.41) is 2.81. The number of para-hydroxylation sites is 1. The molecule has 0 bridgehead atoms. The summed E-state index contributed by atoms with van der Waals surface area (Å²) in [6.45, 7) is 7.35. The molecule has 0 unspecified atom stereocenters. The second-order valence-corrected chi connectivity index (χ2v) is 6.54. The third-order valence-corrected chi connectivity index (χ3v) is 4.49. The molecule has 0 saturated carbocycles. The molecule has 0 radical (unpaired) electrons. The summed E-state index contributed by atoms with van der Waals surface area (Å²) in [5.74, 6) is -0.281. The molecule has 2 rings (SSSR count). The van der Waals surface area contributed by atoms with E-state index in [1.54, 1.807) is 29.2 Å². The second-order valence-electron chi connectivity index (χ2n) is 6.54. The monoisotopic (exact) mass is 366 g/mol. The van der Waals surface area contributed by atoms with E-state index in [2.05, 4.69) is 5.32 Å².